The summed E-state index contributed by atoms with van der Waals surface area (Å²) in [6, 6.07) is 26.4. The second-order valence-electron chi connectivity index (χ2n) is 6.78. The predicted molar refractivity (Wildman–Crippen MR) is 104 cm³/mol. The Morgan fingerprint density at radius 1 is 0.923 bits per heavy atom. The first kappa shape index (κ1) is 16.3. The second-order valence-corrected chi connectivity index (χ2v) is 6.78. The van der Waals surface area contributed by atoms with Crippen LogP contribution in [0.2, 0.25) is 0 Å². The summed E-state index contributed by atoms with van der Waals surface area (Å²) in [5.41, 5.74) is 6.88. The van der Waals surface area contributed by atoms with Gasteiger partial charge >= 0.3 is 5.97 Å². The van der Waals surface area contributed by atoms with E-state index in [0.717, 1.165) is 22.3 Å². The molecule has 2 heteroatoms. The number of carbonyl (C=O) groups is 1. The topological polar surface area (TPSA) is 37.3 Å². The number of fused-ring (bicyclic) bond motifs is 1. The van der Waals surface area contributed by atoms with Crippen LogP contribution in [-0.4, -0.2) is 11.1 Å². The first-order chi connectivity index (χ1) is 12.6. The molecule has 0 fully saturated rings. The van der Waals surface area contributed by atoms with Crippen molar-refractivity contribution in [2.24, 2.45) is 0 Å². The number of benzene rings is 3. The molecule has 0 radical (unpaired) electrons. The summed E-state index contributed by atoms with van der Waals surface area (Å²) >= 11 is 0. The molecule has 2 nitrogen and oxygen atoms in total. The fraction of sp³-hybridized carbons (Fsp3) is 0.125. The maximum Gasteiger partial charge on any atom is 0.332 e. The molecule has 0 amide bonds. The highest BCUT2D eigenvalue weighted by Gasteiger charge is 2.31. The van der Waals surface area contributed by atoms with Crippen LogP contribution in [0.15, 0.2) is 84.4 Å². The van der Waals surface area contributed by atoms with E-state index in [4.69, 9.17) is 0 Å². The molecule has 1 unspecified atom stereocenters. The van der Waals surface area contributed by atoms with Gasteiger partial charge in [-0.05, 0) is 41.2 Å². The first-order valence-electron chi connectivity index (χ1n) is 8.83. The maximum absolute atomic E-state index is 12.1. The molecule has 0 aliphatic heterocycles. The van der Waals surface area contributed by atoms with E-state index >= 15 is 0 Å². The number of carboxylic acid groups (broad SMARTS) is 1. The summed E-state index contributed by atoms with van der Waals surface area (Å²) in [5.74, 6) is -0.777. The third-order valence-corrected chi connectivity index (χ3v) is 5.08. The molecule has 1 N–H and O–H groups in total. The lowest BCUT2D eigenvalue weighted by Gasteiger charge is -2.30. The number of aliphatic carboxylic acids is 1. The van der Waals surface area contributed by atoms with Crippen LogP contribution in [0.25, 0.3) is 5.57 Å². The highest BCUT2D eigenvalue weighted by Crippen LogP contribution is 2.44. The Labute approximate surface area is 153 Å². The average molecular weight is 340 g/mol. The van der Waals surface area contributed by atoms with Gasteiger partial charge in [-0.3, -0.25) is 0 Å². The lowest BCUT2D eigenvalue weighted by Crippen LogP contribution is -2.18. The van der Waals surface area contributed by atoms with Crippen molar-refractivity contribution in [1.82, 2.24) is 0 Å². The molecular formula is C24H20O2. The van der Waals surface area contributed by atoms with Gasteiger partial charge in [0.05, 0.1) is 0 Å². The Morgan fingerprint density at radius 3 is 2.23 bits per heavy atom. The largest absolute Gasteiger partial charge is 0.478 e. The van der Waals surface area contributed by atoms with E-state index < -0.39 is 5.97 Å². The van der Waals surface area contributed by atoms with Crippen molar-refractivity contribution in [1.29, 1.82) is 0 Å². The van der Waals surface area contributed by atoms with Crippen LogP contribution in [0.5, 0.6) is 0 Å². The number of carboxylic acids is 1. The minimum atomic E-state index is -0.837. The van der Waals surface area contributed by atoms with Crippen molar-refractivity contribution in [2.75, 3.05) is 0 Å². The Morgan fingerprint density at radius 2 is 1.58 bits per heavy atom. The van der Waals surface area contributed by atoms with E-state index in [-0.39, 0.29) is 5.92 Å². The SMILES string of the molecule is Cc1ccc2c(c1)C(c1ccccc1)CC(C(=O)O)=C2c1ccccc1. The average Bonchev–Trinajstić information content (AvgIpc) is 2.68. The van der Waals surface area contributed by atoms with Crippen LogP contribution in [0.4, 0.5) is 0 Å². The Hall–Kier alpha value is -3.13. The van der Waals surface area contributed by atoms with Crippen molar-refractivity contribution >= 4 is 11.5 Å². The first-order valence-corrected chi connectivity index (χ1v) is 8.83. The van der Waals surface area contributed by atoms with E-state index in [0.29, 0.717) is 12.0 Å². The van der Waals surface area contributed by atoms with Crippen LogP contribution in [0, 0.1) is 6.92 Å². The molecule has 0 aromatic heterocycles. The van der Waals surface area contributed by atoms with Crippen molar-refractivity contribution in [2.45, 2.75) is 19.3 Å². The molecule has 0 saturated carbocycles. The van der Waals surface area contributed by atoms with E-state index in [2.05, 4.69) is 37.3 Å². The maximum atomic E-state index is 12.1. The van der Waals surface area contributed by atoms with Crippen LogP contribution in [0.3, 0.4) is 0 Å². The molecule has 3 aromatic rings. The third kappa shape index (κ3) is 2.84. The molecule has 3 aromatic carbocycles. The zero-order chi connectivity index (χ0) is 18.1. The third-order valence-electron chi connectivity index (χ3n) is 5.08. The zero-order valence-corrected chi connectivity index (χ0v) is 14.6. The molecule has 1 aliphatic rings. The lowest BCUT2D eigenvalue weighted by molar-refractivity contribution is -0.132. The van der Waals surface area contributed by atoms with Crippen LogP contribution in [-0.2, 0) is 4.79 Å². The van der Waals surface area contributed by atoms with Gasteiger partial charge in [0.15, 0.2) is 0 Å². The Balaban J connectivity index is 1.99. The molecule has 26 heavy (non-hydrogen) atoms. The summed E-state index contributed by atoms with van der Waals surface area (Å²) in [4.78, 5) is 12.1. The van der Waals surface area contributed by atoms with Crippen LogP contribution in [0.1, 0.15) is 40.2 Å². The summed E-state index contributed by atoms with van der Waals surface area (Å²) in [6.07, 6.45) is 0.500. The van der Waals surface area contributed by atoms with Gasteiger partial charge in [-0.25, -0.2) is 4.79 Å². The standard InChI is InChI=1S/C24H20O2/c1-16-12-13-19-21(14-16)20(17-8-4-2-5-9-17)15-22(24(25)26)23(19)18-10-6-3-7-11-18/h2-14,20H,15H2,1H3,(H,25,26). The second kappa shape index (κ2) is 6.64. The van der Waals surface area contributed by atoms with Gasteiger partial charge in [0.1, 0.15) is 0 Å². The Bertz CT molecular complexity index is 985. The number of rotatable bonds is 3. The fourth-order valence-electron chi connectivity index (χ4n) is 3.89. The number of aryl methyl sites for hydroxylation is 1. The van der Waals surface area contributed by atoms with Crippen molar-refractivity contribution in [3.63, 3.8) is 0 Å². The zero-order valence-electron chi connectivity index (χ0n) is 14.6. The molecule has 1 aliphatic carbocycles. The summed E-state index contributed by atoms with van der Waals surface area (Å²) in [5, 5.41) is 9.96. The molecule has 0 spiro atoms. The summed E-state index contributed by atoms with van der Waals surface area (Å²) in [6.45, 7) is 2.08. The quantitative estimate of drug-likeness (QED) is 0.691. The monoisotopic (exact) mass is 340 g/mol. The summed E-state index contributed by atoms with van der Waals surface area (Å²) < 4.78 is 0. The van der Waals surface area contributed by atoms with Crippen molar-refractivity contribution < 1.29 is 9.90 Å². The van der Waals surface area contributed by atoms with E-state index in [9.17, 15) is 9.90 Å². The number of hydrogen-bond acceptors (Lipinski definition) is 1. The fourth-order valence-corrected chi connectivity index (χ4v) is 3.89. The van der Waals surface area contributed by atoms with Gasteiger partial charge in [-0.15, -0.1) is 0 Å². The normalized spacial score (nSPS) is 16.3. The molecule has 0 bridgehead atoms. The smallest absolute Gasteiger partial charge is 0.332 e. The van der Waals surface area contributed by atoms with Gasteiger partial charge in [0, 0.05) is 11.5 Å². The molecule has 4 rings (SSSR count). The highest BCUT2D eigenvalue weighted by atomic mass is 16.4. The van der Waals surface area contributed by atoms with E-state index in [1.165, 1.54) is 11.1 Å². The van der Waals surface area contributed by atoms with Gasteiger partial charge in [-0.2, -0.15) is 0 Å². The van der Waals surface area contributed by atoms with Crippen LogP contribution < -0.4 is 0 Å². The van der Waals surface area contributed by atoms with E-state index in [1.54, 1.807) is 0 Å². The number of hydrogen-bond donors (Lipinski definition) is 1. The molecule has 0 saturated heterocycles. The lowest BCUT2D eigenvalue weighted by atomic mass is 9.73. The highest BCUT2D eigenvalue weighted by molar-refractivity contribution is 6.02. The predicted octanol–water partition coefficient (Wildman–Crippen LogP) is 5.42. The van der Waals surface area contributed by atoms with Crippen molar-refractivity contribution in [3.05, 3.63) is 112 Å². The Kier molecular flexibility index (Phi) is 4.18. The van der Waals surface area contributed by atoms with Gasteiger partial charge in [0.25, 0.3) is 0 Å². The minimum absolute atomic E-state index is 0.0599. The van der Waals surface area contributed by atoms with E-state index in [1.807, 2.05) is 48.5 Å². The molecule has 0 heterocycles. The minimum Gasteiger partial charge on any atom is -0.478 e. The van der Waals surface area contributed by atoms with Gasteiger partial charge < -0.3 is 5.11 Å². The van der Waals surface area contributed by atoms with Gasteiger partial charge in [-0.1, -0.05) is 84.4 Å². The van der Waals surface area contributed by atoms with Crippen LogP contribution >= 0.6 is 0 Å². The van der Waals surface area contributed by atoms with Gasteiger partial charge in [0.2, 0.25) is 0 Å². The summed E-state index contributed by atoms with van der Waals surface area (Å²) in [7, 11) is 0. The molecule has 1 atom stereocenters. The molecule has 128 valence electrons. The molecular weight excluding hydrogens is 320 g/mol. The van der Waals surface area contributed by atoms with Crippen molar-refractivity contribution in [3.8, 4) is 0 Å².